The molecule has 1 aromatic carbocycles. The molecule has 1 N–H and O–H groups in total. The van der Waals surface area contributed by atoms with Crippen LogP contribution in [0.3, 0.4) is 0 Å². The molecule has 1 fully saturated rings. The van der Waals surface area contributed by atoms with Gasteiger partial charge in [0.1, 0.15) is 5.75 Å². The highest BCUT2D eigenvalue weighted by atomic mass is 32.2. The van der Waals surface area contributed by atoms with E-state index in [4.69, 9.17) is 4.74 Å². The first kappa shape index (κ1) is 16.3. The molecule has 1 aromatic rings. The van der Waals surface area contributed by atoms with Crippen molar-refractivity contribution in [3.8, 4) is 5.75 Å². The van der Waals surface area contributed by atoms with Gasteiger partial charge in [0, 0.05) is 18.7 Å². The molecular weight excluding hydrogens is 308 g/mol. The van der Waals surface area contributed by atoms with Gasteiger partial charge in [-0.05, 0) is 31.2 Å². The SMILES string of the molecule is CCOc1ccc(N2C[C@@H](C(=O)NS(C)(=O)=O)CC2=O)cc1. The molecule has 1 aliphatic rings. The first-order chi connectivity index (χ1) is 10.3. The number of anilines is 1. The Morgan fingerprint density at radius 1 is 1.36 bits per heavy atom. The summed E-state index contributed by atoms with van der Waals surface area (Å²) in [4.78, 5) is 25.3. The van der Waals surface area contributed by atoms with Crippen molar-refractivity contribution < 1.29 is 22.7 Å². The van der Waals surface area contributed by atoms with Gasteiger partial charge in [0.05, 0.1) is 18.8 Å². The minimum Gasteiger partial charge on any atom is -0.494 e. The second-order valence-electron chi connectivity index (χ2n) is 5.07. The fourth-order valence-electron chi connectivity index (χ4n) is 2.29. The third-order valence-corrected chi connectivity index (χ3v) is 3.81. The Hall–Kier alpha value is -2.09. The Bertz CT molecular complexity index is 669. The average Bonchev–Trinajstić information content (AvgIpc) is 2.80. The lowest BCUT2D eigenvalue weighted by molar-refractivity contribution is -0.124. The van der Waals surface area contributed by atoms with Gasteiger partial charge in [-0.2, -0.15) is 0 Å². The lowest BCUT2D eigenvalue weighted by Crippen LogP contribution is -2.36. The molecule has 1 atom stereocenters. The Kier molecular flexibility index (Phi) is 4.70. The highest BCUT2D eigenvalue weighted by molar-refractivity contribution is 7.89. The third kappa shape index (κ3) is 3.97. The Morgan fingerprint density at radius 2 is 2.00 bits per heavy atom. The predicted molar refractivity (Wildman–Crippen MR) is 81.1 cm³/mol. The predicted octanol–water partition coefficient (Wildman–Crippen LogP) is 0.514. The van der Waals surface area contributed by atoms with Crippen LogP contribution in [0.25, 0.3) is 0 Å². The Balaban J connectivity index is 2.07. The first-order valence-corrected chi connectivity index (χ1v) is 8.74. The summed E-state index contributed by atoms with van der Waals surface area (Å²) in [6.45, 7) is 2.59. The molecule has 0 saturated carbocycles. The number of hydrogen-bond acceptors (Lipinski definition) is 5. The third-order valence-electron chi connectivity index (χ3n) is 3.24. The van der Waals surface area contributed by atoms with Crippen molar-refractivity contribution in [1.29, 1.82) is 0 Å². The van der Waals surface area contributed by atoms with Gasteiger partial charge in [-0.15, -0.1) is 0 Å². The summed E-state index contributed by atoms with van der Waals surface area (Å²) in [6, 6.07) is 6.96. The smallest absolute Gasteiger partial charge is 0.238 e. The number of ether oxygens (including phenoxy) is 1. The van der Waals surface area contributed by atoms with Crippen LogP contribution in [0, 0.1) is 5.92 Å². The zero-order valence-corrected chi connectivity index (χ0v) is 13.2. The largest absolute Gasteiger partial charge is 0.494 e. The number of carbonyl (C=O) groups excluding carboxylic acids is 2. The molecule has 0 bridgehead atoms. The maximum atomic E-state index is 12.0. The minimum atomic E-state index is -3.62. The quantitative estimate of drug-likeness (QED) is 0.851. The monoisotopic (exact) mass is 326 g/mol. The molecule has 120 valence electrons. The molecule has 0 spiro atoms. The molecule has 1 heterocycles. The molecule has 0 radical (unpaired) electrons. The van der Waals surface area contributed by atoms with Gasteiger partial charge in [-0.25, -0.2) is 8.42 Å². The zero-order chi connectivity index (χ0) is 16.3. The number of nitrogens with zero attached hydrogens (tertiary/aromatic N) is 1. The topological polar surface area (TPSA) is 92.8 Å². The Labute approximate surface area is 129 Å². The van der Waals surface area contributed by atoms with Crippen LogP contribution in [-0.2, 0) is 19.6 Å². The molecule has 0 aromatic heterocycles. The van der Waals surface area contributed by atoms with Crippen molar-refractivity contribution in [1.82, 2.24) is 4.72 Å². The summed E-state index contributed by atoms with van der Waals surface area (Å²) in [5, 5.41) is 0. The van der Waals surface area contributed by atoms with Crippen LogP contribution in [0.5, 0.6) is 5.75 Å². The number of sulfonamides is 1. The van der Waals surface area contributed by atoms with Gasteiger partial charge < -0.3 is 9.64 Å². The molecule has 1 aliphatic heterocycles. The zero-order valence-electron chi connectivity index (χ0n) is 12.4. The van der Waals surface area contributed by atoms with E-state index in [0.29, 0.717) is 18.0 Å². The lowest BCUT2D eigenvalue weighted by Gasteiger charge is -2.17. The number of hydrogen-bond donors (Lipinski definition) is 1. The van der Waals surface area contributed by atoms with Crippen LogP contribution >= 0.6 is 0 Å². The van der Waals surface area contributed by atoms with E-state index in [2.05, 4.69) is 0 Å². The van der Waals surface area contributed by atoms with Crippen LogP contribution < -0.4 is 14.4 Å². The summed E-state index contributed by atoms with van der Waals surface area (Å²) in [6.07, 6.45) is 0.903. The summed E-state index contributed by atoms with van der Waals surface area (Å²) in [5.74, 6) is -0.833. The van der Waals surface area contributed by atoms with Crippen LogP contribution in [0.2, 0.25) is 0 Å². The van der Waals surface area contributed by atoms with E-state index in [1.807, 2.05) is 11.6 Å². The Morgan fingerprint density at radius 3 is 2.55 bits per heavy atom. The number of amides is 2. The van der Waals surface area contributed by atoms with Gasteiger partial charge in [-0.3, -0.25) is 14.3 Å². The molecule has 0 aliphatic carbocycles. The molecule has 2 amide bonds. The van der Waals surface area contributed by atoms with Gasteiger partial charge in [0.25, 0.3) is 0 Å². The molecule has 2 rings (SSSR count). The van der Waals surface area contributed by atoms with Crippen molar-refractivity contribution in [2.24, 2.45) is 5.92 Å². The van der Waals surface area contributed by atoms with Crippen molar-refractivity contribution in [2.45, 2.75) is 13.3 Å². The number of carbonyl (C=O) groups is 2. The van der Waals surface area contributed by atoms with Gasteiger partial charge >= 0.3 is 0 Å². The molecule has 1 saturated heterocycles. The van der Waals surface area contributed by atoms with Crippen molar-refractivity contribution in [3.63, 3.8) is 0 Å². The summed E-state index contributed by atoms with van der Waals surface area (Å²) in [7, 11) is -3.62. The fraction of sp³-hybridized carbons (Fsp3) is 0.429. The normalized spacial score (nSPS) is 18.4. The highest BCUT2D eigenvalue weighted by Crippen LogP contribution is 2.27. The second-order valence-corrected chi connectivity index (χ2v) is 6.82. The molecule has 8 heteroatoms. The summed E-state index contributed by atoms with van der Waals surface area (Å²) in [5.41, 5.74) is 0.656. The molecule has 7 nitrogen and oxygen atoms in total. The van der Waals surface area contributed by atoms with E-state index in [1.165, 1.54) is 4.90 Å². The van der Waals surface area contributed by atoms with E-state index in [0.717, 1.165) is 6.26 Å². The second kappa shape index (κ2) is 6.35. The van der Waals surface area contributed by atoms with Gasteiger partial charge in [0.2, 0.25) is 21.8 Å². The molecular formula is C14H18N2O5S. The maximum absolute atomic E-state index is 12.0. The lowest BCUT2D eigenvalue weighted by atomic mass is 10.1. The van der Waals surface area contributed by atoms with Crippen LogP contribution in [0.15, 0.2) is 24.3 Å². The molecule has 0 unspecified atom stereocenters. The molecule has 22 heavy (non-hydrogen) atoms. The average molecular weight is 326 g/mol. The van der Waals surface area contributed by atoms with Gasteiger partial charge in [0.15, 0.2) is 0 Å². The van der Waals surface area contributed by atoms with E-state index < -0.39 is 21.8 Å². The first-order valence-electron chi connectivity index (χ1n) is 6.85. The standard InChI is InChI=1S/C14H18N2O5S/c1-3-21-12-6-4-11(5-7-12)16-9-10(8-13(16)17)14(18)15-22(2,19)20/h4-7,10H,3,8-9H2,1-2H3,(H,15,18)/t10-/m0/s1. The van der Waals surface area contributed by atoms with Crippen molar-refractivity contribution in [3.05, 3.63) is 24.3 Å². The van der Waals surface area contributed by atoms with Crippen LogP contribution in [-0.4, -0.2) is 39.6 Å². The van der Waals surface area contributed by atoms with Gasteiger partial charge in [-0.1, -0.05) is 0 Å². The van der Waals surface area contributed by atoms with Crippen molar-refractivity contribution >= 4 is 27.5 Å². The number of rotatable bonds is 5. The van der Waals surface area contributed by atoms with E-state index in [9.17, 15) is 18.0 Å². The number of nitrogens with one attached hydrogen (secondary N) is 1. The highest BCUT2D eigenvalue weighted by Gasteiger charge is 2.36. The summed E-state index contributed by atoms with van der Waals surface area (Å²) < 4.78 is 29.4. The summed E-state index contributed by atoms with van der Waals surface area (Å²) >= 11 is 0. The van der Waals surface area contributed by atoms with Crippen molar-refractivity contribution in [2.75, 3.05) is 24.3 Å². The van der Waals surface area contributed by atoms with E-state index in [-0.39, 0.29) is 18.9 Å². The maximum Gasteiger partial charge on any atom is 0.238 e. The fourth-order valence-corrected chi connectivity index (χ4v) is 2.82. The van der Waals surface area contributed by atoms with E-state index in [1.54, 1.807) is 24.3 Å². The minimum absolute atomic E-state index is 0.00539. The van der Waals surface area contributed by atoms with Crippen LogP contribution in [0.4, 0.5) is 5.69 Å². The van der Waals surface area contributed by atoms with Crippen LogP contribution in [0.1, 0.15) is 13.3 Å². The van der Waals surface area contributed by atoms with E-state index >= 15 is 0 Å². The number of benzene rings is 1.